The second-order valence-corrected chi connectivity index (χ2v) is 14.2. The fourth-order valence-electron chi connectivity index (χ4n) is 7.89. The van der Waals surface area contributed by atoms with Crippen LogP contribution in [0.5, 0.6) is 23.0 Å². The lowest BCUT2D eigenvalue weighted by molar-refractivity contribution is -0.112. The predicted octanol–water partition coefficient (Wildman–Crippen LogP) is 8.96. The van der Waals surface area contributed by atoms with Crippen LogP contribution >= 0.6 is 0 Å². The van der Waals surface area contributed by atoms with Crippen molar-refractivity contribution in [3.8, 4) is 34.1 Å². The van der Waals surface area contributed by atoms with Gasteiger partial charge in [-0.15, -0.1) is 0 Å². The monoisotopic (exact) mass is 688 g/mol. The van der Waals surface area contributed by atoms with Gasteiger partial charge in [-0.3, -0.25) is 9.59 Å². The van der Waals surface area contributed by atoms with Crippen LogP contribution in [0.3, 0.4) is 0 Å². The fraction of sp³-hybridized carbons (Fsp3) is 0.262. The summed E-state index contributed by atoms with van der Waals surface area (Å²) in [5.41, 5.74) is 3.09. The van der Waals surface area contributed by atoms with Crippen molar-refractivity contribution in [1.82, 2.24) is 0 Å². The number of phenols is 3. The predicted molar refractivity (Wildman–Crippen MR) is 199 cm³/mol. The summed E-state index contributed by atoms with van der Waals surface area (Å²) in [7, 11) is 0. The highest BCUT2D eigenvalue weighted by atomic mass is 16.4. The molecule has 6 rings (SSSR count). The quantitative estimate of drug-likeness (QED) is 0.0688. The summed E-state index contributed by atoms with van der Waals surface area (Å²) in [6, 6.07) is 6.91. The fourth-order valence-corrected chi connectivity index (χ4v) is 7.89. The number of rotatable bonds is 5. The first-order valence-corrected chi connectivity index (χ1v) is 16.7. The molecule has 0 aliphatic heterocycles. The van der Waals surface area contributed by atoms with Gasteiger partial charge in [0.05, 0.1) is 10.9 Å². The van der Waals surface area contributed by atoms with Crippen molar-refractivity contribution in [3.63, 3.8) is 0 Å². The molecular weight excluding hydrogens is 648 g/mol. The minimum Gasteiger partial charge on any atom is -0.507 e. The molecule has 262 valence electrons. The van der Waals surface area contributed by atoms with E-state index in [1.165, 1.54) is 0 Å². The standard InChI is InChI=1S/C42H40O9/c1-16(2)29-22(9)36(44)27(15-43)35-23(29)12-20(7)33(40(35)48)32-21(8)13-24-30(17(3)4)41(49)38(46)25(34(24)39(32)47)14-26-37(45)31-19(6)10-18(5)11-28(31)51-42(26)50/h10-17,44-45,47-49H,1-9H3/b25-14-. The summed E-state index contributed by atoms with van der Waals surface area (Å²) < 4.78 is 5.58. The number of benzene rings is 4. The lowest BCUT2D eigenvalue weighted by Gasteiger charge is -2.28. The van der Waals surface area contributed by atoms with Crippen molar-refractivity contribution < 1.29 is 39.5 Å². The first kappa shape index (κ1) is 35.0. The van der Waals surface area contributed by atoms with E-state index in [1.54, 1.807) is 59.7 Å². The van der Waals surface area contributed by atoms with Gasteiger partial charge in [0.15, 0.2) is 12.0 Å². The van der Waals surface area contributed by atoms with Crippen molar-refractivity contribution in [2.24, 2.45) is 5.92 Å². The van der Waals surface area contributed by atoms with Gasteiger partial charge in [0.2, 0.25) is 5.78 Å². The first-order chi connectivity index (χ1) is 23.9. The topological polar surface area (TPSA) is 166 Å². The lowest BCUT2D eigenvalue weighted by atomic mass is 9.76. The largest absolute Gasteiger partial charge is 0.507 e. The van der Waals surface area contributed by atoms with E-state index in [2.05, 4.69) is 0 Å². The summed E-state index contributed by atoms with van der Waals surface area (Å²) in [5, 5.41) is 59.1. The van der Waals surface area contributed by atoms with Crippen LogP contribution in [0.15, 0.2) is 39.2 Å². The third-order valence-electron chi connectivity index (χ3n) is 10.0. The van der Waals surface area contributed by atoms with Gasteiger partial charge in [0.25, 0.3) is 0 Å². The molecule has 0 unspecified atom stereocenters. The van der Waals surface area contributed by atoms with Crippen molar-refractivity contribution in [2.75, 3.05) is 0 Å². The van der Waals surface area contributed by atoms with E-state index in [-0.39, 0.29) is 78.7 Å². The molecule has 5 aromatic rings. The zero-order valence-electron chi connectivity index (χ0n) is 30.0. The Kier molecular flexibility index (Phi) is 8.37. The molecule has 0 amide bonds. The van der Waals surface area contributed by atoms with Crippen LogP contribution < -0.4 is 5.63 Å². The van der Waals surface area contributed by atoms with Gasteiger partial charge in [-0.2, -0.15) is 0 Å². The molecule has 51 heavy (non-hydrogen) atoms. The molecular formula is C42H40O9. The molecule has 0 saturated carbocycles. The molecule has 1 aliphatic rings. The highest BCUT2D eigenvalue weighted by molar-refractivity contribution is 6.37. The Morgan fingerprint density at radius 3 is 1.90 bits per heavy atom. The van der Waals surface area contributed by atoms with Crippen LogP contribution in [0, 0.1) is 40.5 Å². The van der Waals surface area contributed by atoms with Crippen molar-refractivity contribution >= 4 is 51.0 Å². The van der Waals surface area contributed by atoms with Crippen LogP contribution in [-0.2, 0) is 4.79 Å². The molecule has 0 radical (unpaired) electrons. The highest BCUT2D eigenvalue weighted by Gasteiger charge is 2.36. The molecule has 4 aromatic carbocycles. The number of ketones is 1. The molecule has 0 atom stereocenters. The molecule has 1 aliphatic carbocycles. The third kappa shape index (κ3) is 5.09. The Labute approximate surface area is 294 Å². The molecule has 0 spiro atoms. The second kappa shape index (κ2) is 12.2. The van der Waals surface area contributed by atoms with Crippen molar-refractivity contribution in [2.45, 2.75) is 68.2 Å². The molecule has 9 heteroatoms. The maximum absolute atomic E-state index is 14.0. The van der Waals surface area contributed by atoms with Gasteiger partial charge in [-0.1, -0.05) is 45.9 Å². The summed E-state index contributed by atoms with van der Waals surface area (Å²) in [5.74, 6) is -3.38. The number of fused-ring (bicyclic) bond motifs is 3. The average molecular weight is 689 g/mol. The molecule has 0 bridgehead atoms. The zero-order chi connectivity index (χ0) is 37.5. The number of aldehydes is 1. The van der Waals surface area contributed by atoms with Gasteiger partial charge in [0, 0.05) is 33.2 Å². The van der Waals surface area contributed by atoms with Gasteiger partial charge < -0.3 is 29.9 Å². The Bertz CT molecular complexity index is 2520. The smallest absolute Gasteiger partial charge is 0.347 e. The molecule has 0 fully saturated rings. The van der Waals surface area contributed by atoms with Crippen molar-refractivity contribution in [1.29, 1.82) is 0 Å². The number of hydrogen-bond acceptors (Lipinski definition) is 9. The number of carbonyl (C=O) groups excluding carboxylic acids is 2. The number of aromatic hydroxyl groups is 4. The van der Waals surface area contributed by atoms with Crippen molar-refractivity contribution in [3.05, 3.63) is 96.1 Å². The Morgan fingerprint density at radius 1 is 0.667 bits per heavy atom. The minimum atomic E-state index is -0.933. The summed E-state index contributed by atoms with van der Waals surface area (Å²) in [6.07, 6.45) is 1.60. The highest BCUT2D eigenvalue weighted by Crippen LogP contribution is 2.53. The van der Waals surface area contributed by atoms with Crippen LogP contribution in [-0.4, -0.2) is 37.6 Å². The van der Waals surface area contributed by atoms with E-state index in [0.29, 0.717) is 39.5 Å². The number of aliphatic hydroxyl groups is 1. The van der Waals surface area contributed by atoms with E-state index in [9.17, 15) is 39.9 Å². The normalized spacial score (nSPS) is 14.1. The Hall–Kier alpha value is -5.83. The number of carbonyl (C=O) groups is 2. The molecule has 1 aromatic heterocycles. The van der Waals surface area contributed by atoms with Gasteiger partial charge in [-0.25, -0.2) is 4.79 Å². The van der Waals surface area contributed by atoms with Gasteiger partial charge in [-0.05, 0) is 103 Å². The molecule has 1 heterocycles. The zero-order valence-corrected chi connectivity index (χ0v) is 30.0. The molecule has 5 N–H and O–H groups in total. The molecule has 9 nitrogen and oxygen atoms in total. The van der Waals surface area contributed by atoms with Crippen LogP contribution in [0.1, 0.15) is 94.0 Å². The number of hydrogen-bond donors (Lipinski definition) is 5. The SMILES string of the molecule is Cc1cc(C)c2c(O)c(/C=C3\C(=O)C(O)=C(C(C)C)c4cc(C)c(-c5c(C)cc6c(C(C)C)c(C)c(O)c(C=O)c6c5O)c(O)c43)c(=O)oc2c1. The second-order valence-electron chi connectivity index (χ2n) is 14.2. The Morgan fingerprint density at radius 2 is 1.29 bits per heavy atom. The number of aryl methyl sites for hydroxylation is 4. The van der Waals surface area contributed by atoms with E-state index in [0.717, 1.165) is 17.2 Å². The number of Topliss-reactive ketones (excluding diaryl/α,β-unsaturated/α-hetero) is 1. The number of phenolic OH excluding ortho intramolecular Hbond substituents is 3. The summed E-state index contributed by atoms with van der Waals surface area (Å²) in [6.45, 7) is 16.2. The van der Waals surface area contributed by atoms with Crippen LogP contribution in [0.2, 0.25) is 0 Å². The van der Waals surface area contributed by atoms with E-state index in [1.807, 2.05) is 26.8 Å². The van der Waals surface area contributed by atoms with E-state index < -0.39 is 28.7 Å². The van der Waals surface area contributed by atoms with Crippen LogP contribution in [0.4, 0.5) is 0 Å². The lowest BCUT2D eigenvalue weighted by Crippen LogP contribution is -2.19. The first-order valence-electron chi connectivity index (χ1n) is 16.7. The van der Waals surface area contributed by atoms with E-state index in [4.69, 9.17) is 4.42 Å². The van der Waals surface area contributed by atoms with Crippen LogP contribution in [0.25, 0.3) is 50.1 Å². The van der Waals surface area contributed by atoms with Gasteiger partial charge in [0.1, 0.15) is 34.1 Å². The summed E-state index contributed by atoms with van der Waals surface area (Å²) in [4.78, 5) is 39.8. The summed E-state index contributed by atoms with van der Waals surface area (Å²) >= 11 is 0. The number of aliphatic hydroxyl groups excluding tert-OH is 1. The maximum atomic E-state index is 14.0. The third-order valence-corrected chi connectivity index (χ3v) is 10.0. The van der Waals surface area contributed by atoms with Gasteiger partial charge >= 0.3 is 5.63 Å². The molecule has 0 saturated heterocycles. The average Bonchev–Trinajstić information content (AvgIpc) is 3.02. The minimum absolute atomic E-state index is 0.0224. The Balaban J connectivity index is 1.75. The maximum Gasteiger partial charge on any atom is 0.347 e. The number of allylic oxidation sites excluding steroid dienone is 2. The van der Waals surface area contributed by atoms with E-state index >= 15 is 0 Å².